The number of para-hydroxylation sites is 1. The summed E-state index contributed by atoms with van der Waals surface area (Å²) in [5.74, 6) is -0.115. The first kappa shape index (κ1) is 16.5. The predicted octanol–water partition coefficient (Wildman–Crippen LogP) is 2.96. The third kappa shape index (κ3) is 4.57. The quantitative estimate of drug-likeness (QED) is 0.587. The standard InChI is InChI=1S/C18H21N3O2/c1-12-8-9-16(13(2)10-12)19-11-18(23)21-20-14(3)15-6-4-5-7-17(15)22/h4-10,19,22H,11H2,1-3H3,(H,21,23)/b20-14-. The highest BCUT2D eigenvalue weighted by molar-refractivity contribution is 6.01. The van der Waals surface area contributed by atoms with Gasteiger partial charge >= 0.3 is 0 Å². The van der Waals surface area contributed by atoms with Gasteiger partial charge in [0.15, 0.2) is 0 Å². The van der Waals surface area contributed by atoms with Crippen LogP contribution in [0.3, 0.4) is 0 Å². The molecule has 23 heavy (non-hydrogen) atoms. The number of aryl methyl sites for hydroxylation is 2. The Morgan fingerprint density at radius 2 is 1.91 bits per heavy atom. The van der Waals surface area contributed by atoms with Crippen molar-refractivity contribution in [1.29, 1.82) is 0 Å². The van der Waals surface area contributed by atoms with E-state index in [1.807, 2.05) is 26.0 Å². The number of carbonyl (C=O) groups excluding carboxylic acids is 1. The molecule has 0 aliphatic heterocycles. The summed E-state index contributed by atoms with van der Waals surface area (Å²) < 4.78 is 0. The molecule has 120 valence electrons. The van der Waals surface area contributed by atoms with Gasteiger partial charge in [0.05, 0.1) is 12.3 Å². The van der Waals surface area contributed by atoms with E-state index in [9.17, 15) is 9.90 Å². The number of aromatic hydroxyl groups is 1. The number of carbonyl (C=O) groups is 1. The highest BCUT2D eigenvalue weighted by Gasteiger charge is 2.05. The Bertz CT molecular complexity index is 739. The Hall–Kier alpha value is -2.82. The number of hydrogen-bond acceptors (Lipinski definition) is 4. The maximum atomic E-state index is 11.9. The lowest BCUT2D eigenvalue weighted by Crippen LogP contribution is -2.27. The van der Waals surface area contributed by atoms with E-state index in [0.29, 0.717) is 11.3 Å². The summed E-state index contributed by atoms with van der Waals surface area (Å²) in [6.07, 6.45) is 0. The Morgan fingerprint density at radius 3 is 2.61 bits per heavy atom. The summed E-state index contributed by atoms with van der Waals surface area (Å²) in [5.41, 5.74) is 6.82. The van der Waals surface area contributed by atoms with Gasteiger partial charge in [0.2, 0.25) is 0 Å². The van der Waals surface area contributed by atoms with Gasteiger partial charge in [-0.2, -0.15) is 5.10 Å². The number of nitrogens with zero attached hydrogens (tertiary/aromatic N) is 1. The second kappa shape index (κ2) is 7.45. The number of amides is 1. The molecule has 5 heteroatoms. The van der Waals surface area contributed by atoms with Crippen LogP contribution in [0.1, 0.15) is 23.6 Å². The monoisotopic (exact) mass is 311 g/mol. The molecular weight excluding hydrogens is 290 g/mol. The number of nitrogens with one attached hydrogen (secondary N) is 2. The van der Waals surface area contributed by atoms with E-state index in [1.165, 1.54) is 5.56 Å². The van der Waals surface area contributed by atoms with Crippen LogP contribution in [-0.2, 0) is 4.79 Å². The zero-order valence-electron chi connectivity index (χ0n) is 13.6. The minimum Gasteiger partial charge on any atom is -0.507 e. The minimum absolute atomic E-state index is 0.126. The average molecular weight is 311 g/mol. The van der Waals surface area contributed by atoms with Crippen LogP contribution in [-0.4, -0.2) is 23.3 Å². The smallest absolute Gasteiger partial charge is 0.259 e. The molecule has 0 unspecified atom stereocenters. The zero-order valence-corrected chi connectivity index (χ0v) is 13.6. The summed E-state index contributed by atoms with van der Waals surface area (Å²) in [7, 11) is 0. The summed E-state index contributed by atoms with van der Waals surface area (Å²) in [4.78, 5) is 11.9. The van der Waals surface area contributed by atoms with Crippen LogP contribution in [0.25, 0.3) is 0 Å². The SMILES string of the molecule is C/C(=N/NC(=O)CNc1ccc(C)cc1C)c1ccccc1O. The molecule has 0 saturated heterocycles. The van der Waals surface area contributed by atoms with E-state index in [-0.39, 0.29) is 18.2 Å². The van der Waals surface area contributed by atoms with Gasteiger partial charge in [-0.3, -0.25) is 4.79 Å². The molecule has 0 aliphatic rings. The molecule has 2 aromatic rings. The van der Waals surface area contributed by atoms with E-state index in [4.69, 9.17) is 0 Å². The van der Waals surface area contributed by atoms with Gasteiger partial charge in [-0.25, -0.2) is 5.43 Å². The topological polar surface area (TPSA) is 73.7 Å². The van der Waals surface area contributed by atoms with Gasteiger partial charge in [0.1, 0.15) is 5.75 Å². The second-order valence-electron chi connectivity index (χ2n) is 5.42. The Kier molecular flexibility index (Phi) is 5.36. The van der Waals surface area contributed by atoms with Crippen LogP contribution in [0.5, 0.6) is 5.75 Å². The number of anilines is 1. The van der Waals surface area contributed by atoms with Crippen LogP contribution >= 0.6 is 0 Å². The molecule has 0 saturated carbocycles. The Balaban J connectivity index is 1.92. The van der Waals surface area contributed by atoms with Crippen LogP contribution < -0.4 is 10.7 Å². The fourth-order valence-corrected chi connectivity index (χ4v) is 2.21. The van der Waals surface area contributed by atoms with E-state index < -0.39 is 0 Å². The lowest BCUT2D eigenvalue weighted by Gasteiger charge is -2.09. The van der Waals surface area contributed by atoms with Gasteiger partial charge in [-0.05, 0) is 44.5 Å². The maximum Gasteiger partial charge on any atom is 0.259 e. The van der Waals surface area contributed by atoms with Crippen LogP contribution in [0.4, 0.5) is 5.69 Å². The number of benzene rings is 2. The molecule has 0 radical (unpaired) electrons. The van der Waals surface area contributed by atoms with E-state index in [0.717, 1.165) is 11.3 Å². The number of hydrogen-bond donors (Lipinski definition) is 3. The number of hydrazone groups is 1. The van der Waals surface area contributed by atoms with E-state index in [1.54, 1.807) is 31.2 Å². The van der Waals surface area contributed by atoms with Crippen molar-refractivity contribution in [2.75, 3.05) is 11.9 Å². The lowest BCUT2D eigenvalue weighted by atomic mass is 10.1. The summed E-state index contributed by atoms with van der Waals surface area (Å²) in [6.45, 7) is 5.88. The zero-order chi connectivity index (χ0) is 16.8. The summed E-state index contributed by atoms with van der Waals surface area (Å²) in [6, 6.07) is 12.9. The average Bonchev–Trinajstić information content (AvgIpc) is 2.52. The largest absolute Gasteiger partial charge is 0.507 e. The van der Waals surface area contributed by atoms with Crippen molar-refractivity contribution in [1.82, 2.24) is 5.43 Å². The maximum absolute atomic E-state index is 11.9. The molecule has 5 nitrogen and oxygen atoms in total. The fraction of sp³-hybridized carbons (Fsp3) is 0.222. The number of rotatable bonds is 5. The Labute approximate surface area is 136 Å². The summed E-state index contributed by atoms with van der Waals surface area (Å²) in [5, 5.41) is 16.9. The van der Waals surface area contributed by atoms with Crippen molar-refractivity contribution in [3.8, 4) is 5.75 Å². The van der Waals surface area contributed by atoms with E-state index >= 15 is 0 Å². The van der Waals surface area contributed by atoms with Gasteiger partial charge in [-0.1, -0.05) is 29.8 Å². The van der Waals surface area contributed by atoms with Crippen molar-refractivity contribution in [3.05, 3.63) is 59.2 Å². The molecule has 0 aromatic heterocycles. The predicted molar refractivity (Wildman–Crippen MR) is 92.9 cm³/mol. The molecule has 2 aromatic carbocycles. The van der Waals surface area contributed by atoms with Gasteiger partial charge in [-0.15, -0.1) is 0 Å². The first-order valence-electron chi connectivity index (χ1n) is 7.40. The highest BCUT2D eigenvalue weighted by atomic mass is 16.3. The molecule has 0 spiro atoms. The highest BCUT2D eigenvalue weighted by Crippen LogP contribution is 2.16. The normalized spacial score (nSPS) is 11.2. The molecule has 0 atom stereocenters. The number of phenolic OH excluding ortho intramolecular Hbond substituents is 1. The van der Waals surface area contributed by atoms with Crippen molar-refractivity contribution < 1.29 is 9.90 Å². The second-order valence-corrected chi connectivity index (χ2v) is 5.42. The third-order valence-corrected chi connectivity index (χ3v) is 3.46. The van der Waals surface area contributed by atoms with Gasteiger partial charge in [0.25, 0.3) is 5.91 Å². The summed E-state index contributed by atoms with van der Waals surface area (Å²) >= 11 is 0. The molecule has 1 amide bonds. The molecular formula is C18H21N3O2. The van der Waals surface area contributed by atoms with Crippen molar-refractivity contribution in [2.45, 2.75) is 20.8 Å². The van der Waals surface area contributed by atoms with Crippen LogP contribution in [0.15, 0.2) is 47.6 Å². The van der Waals surface area contributed by atoms with Crippen LogP contribution in [0, 0.1) is 13.8 Å². The van der Waals surface area contributed by atoms with E-state index in [2.05, 4.69) is 21.9 Å². The van der Waals surface area contributed by atoms with Gasteiger partial charge in [0, 0.05) is 11.3 Å². The van der Waals surface area contributed by atoms with Crippen molar-refractivity contribution >= 4 is 17.3 Å². The molecule has 0 fully saturated rings. The fourth-order valence-electron chi connectivity index (χ4n) is 2.21. The molecule has 0 aliphatic carbocycles. The molecule has 0 bridgehead atoms. The number of phenols is 1. The minimum atomic E-state index is -0.250. The first-order chi connectivity index (χ1) is 11.0. The van der Waals surface area contributed by atoms with Crippen molar-refractivity contribution in [2.24, 2.45) is 5.10 Å². The molecule has 0 heterocycles. The Morgan fingerprint density at radius 1 is 1.17 bits per heavy atom. The van der Waals surface area contributed by atoms with Gasteiger partial charge < -0.3 is 10.4 Å². The first-order valence-corrected chi connectivity index (χ1v) is 7.40. The molecule has 2 rings (SSSR count). The molecule has 3 N–H and O–H groups in total. The lowest BCUT2D eigenvalue weighted by molar-refractivity contribution is -0.119. The van der Waals surface area contributed by atoms with Crippen molar-refractivity contribution in [3.63, 3.8) is 0 Å². The third-order valence-electron chi connectivity index (χ3n) is 3.46. The van der Waals surface area contributed by atoms with Crippen LogP contribution in [0.2, 0.25) is 0 Å².